The highest BCUT2D eigenvalue weighted by molar-refractivity contribution is 8.00. The van der Waals surface area contributed by atoms with Crippen LogP contribution in [0.3, 0.4) is 0 Å². The van der Waals surface area contributed by atoms with Crippen LogP contribution in [0, 0.1) is 0 Å². The zero-order valence-electron chi connectivity index (χ0n) is 12.5. The third-order valence-corrected chi connectivity index (χ3v) is 4.98. The molecule has 4 nitrogen and oxygen atoms in total. The first kappa shape index (κ1) is 17.4. The molecule has 0 spiro atoms. The van der Waals surface area contributed by atoms with Crippen LogP contribution in [-0.2, 0) is 15.3 Å². The fraction of sp³-hybridized carbons (Fsp3) is 0.176. The van der Waals surface area contributed by atoms with Gasteiger partial charge in [0.15, 0.2) is 0 Å². The van der Waals surface area contributed by atoms with Gasteiger partial charge >= 0.3 is 0 Å². The van der Waals surface area contributed by atoms with E-state index in [1.54, 1.807) is 11.8 Å². The third-order valence-electron chi connectivity index (χ3n) is 2.88. The van der Waals surface area contributed by atoms with Gasteiger partial charge in [-0.2, -0.15) is 0 Å². The summed E-state index contributed by atoms with van der Waals surface area (Å²) in [5.74, 6) is 0.929. The highest BCUT2D eigenvalue weighted by Crippen LogP contribution is 2.26. The molecule has 0 fully saturated rings. The van der Waals surface area contributed by atoms with E-state index in [-0.39, 0.29) is 17.6 Å². The van der Waals surface area contributed by atoms with Gasteiger partial charge in [0.1, 0.15) is 0 Å². The van der Waals surface area contributed by atoms with Gasteiger partial charge in [-0.15, -0.1) is 23.5 Å². The number of hydrogen-bond donors (Lipinski definition) is 2. The summed E-state index contributed by atoms with van der Waals surface area (Å²) in [4.78, 5) is 23.8. The van der Waals surface area contributed by atoms with Gasteiger partial charge in [-0.3, -0.25) is 9.59 Å². The molecule has 0 saturated heterocycles. The van der Waals surface area contributed by atoms with Gasteiger partial charge in [0.25, 0.3) is 0 Å². The molecule has 3 N–H and O–H groups in total. The lowest BCUT2D eigenvalue weighted by atomic mass is 10.2. The van der Waals surface area contributed by atoms with Crippen LogP contribution in [0.25, 0.3) is 0 Å². The van der Waals surface area contributed by atoms with Gasteiger partial charge in [0, 0.05) is 10.6 Å². The fourth-order valence-electron chi connectivity index (χ4n) is 1.87. The van der Waals surface area contributed by atoms with Crippen molar-refractivity contribution in [2.45, 2.75) is 10.6 Å². The summed E-state index contributed by atoms with van der Waals surface area (Å²) in [6, 6.07) is 17.4. The molecule has 23 heavy (non-hydrogen) atoms. The van der Waals surface area contributed by atoms with Gasteiger partial charge in [0.05, 0.1) is 17.2 Å². The van der Waals surface area contributed by atoms with Crippen LogP contribution in [0.1, 0.15) is 5.56 Å². The van der Waals surface area contributed by atoms with E-state index >= 15 is 0 Å². The summed E-state index contributed by atoms with van der Waals surface area (Å²) in [5, 5.41) is 2.89. The van der Waals surface area contributed by atoms with Crippen molar-refractivity contribution in [1.29, 1.82) is 0 Å². The number of thioether (sulfide) groups is 2. The molecule has 0 aromatic heterocycles. The molecule has 2 rings (SSSR count). The van der Waals surface area contributed by atoms with Gasteiger partial charge in [-0.25, -0.2) is 0 Å². The number of anilines is 1. The van der Waals surface area contributed by atoms with Crippen molar-refractivity contribution < 1.29 is 9.59 Å². The zero-order chi connectivity index (χ0) is 16.5. The molecule has 0 aliphatic heterocycles. The Kier molecular flexibility index (Phi) is 7.03. The second-order valence-corrected chi connectivity index (χ2v) is 6.78. The van der Waals surface area contributed by atoms with Crippen molar-refractivity contribution >= 4 is 41.0 Å². The number of nitrogens with one attached hydrogen (secondary N) is 1. The van der Waals surface area contributed by atoms with E-state index in [2.05, 4.69) is 5.32 Å². The molecule has 0 radical (unpaired) electrons. The summed E-state index contributed by atoms with van der Waals surface area (Å²) in [5.41, 5.74) is 7.07. The lowest BCUT2D eigenvalue weighted by molar-refractivity contribution is -0.115. The predicted octanol–water partition coefficient (Wildman–Crippen LogP) is 3.14. The minimum Gasteiger partial charge on any atom is -0.369 e. The van der Waals surface area contributed by atoms with Gasteiger partial charge in [-0.05, 0) is 17.7 Å². The van der Waals surface area contributed by atoms with Crippen LogP contribution in [0.5, 0.6) is 0 Å². The van der Waals surface area contributed by atoms with Crippen LogP contribution in [-0.4, -0.2) is 23.3 Å². The van der Waals surface area contributed by atoms with E-state index in [4.69, 9.17) is 5.73 Å². The number of para-hydroxylation sites is 1. The smallest absolute Gasteiger partial charge is 0.234 e. The van der Waals surface area contributed by atoms with Crippen molar-refractivity contribution in [3.05, 3.63) is 60.2 Å². The Balaban J connectivity index is 1.84. The quantitative estimate of drug-likeness (QED) is 0.720. The first-order valence-electron chi connectivity index (χ1n) is 7.07. The molecular weight excluding hydrogens is 328 g/mol. The molecule has 2 aromatic carbocycles. The SMILES string of the molecule is NC(=O)CSc1ccccc1NC(=O)CSCc1ccccc1. The second kappa shape index (κ2) is 9.27. The standard InChI is InChI=1S/C17H18N2O2S2/c18-16(20)11-23-15-9-5-4-8-14(15)19-17(21)12-22-10-13-6-2-1-3-7-13/h1-9H,10-12H2,(H2,18,20)(H,19,21). The average molecular weight is 346 g/mol. The number of nitrogens with two attached hydrogens (primary N) is 1. The number of benzene rings is 2. The van der Waals surface area contributed by atoms with Crippen LogP contribution < -0.4 is 11.1 Å². The molecule has 6 heteroatoms. The highest BCUT2D eigenvalue weighted by Gasteiger charge is 2.08. The summed E-state index contributed by atoms with van der Waals surface area (Å²) in [7, 11) is 0. The molecule has 2 amide bonds. The largest absolute Gasteiger partial charge is 0.369 e. The van der Waals surface area contributed by atoms with E-state index < -0.39 is 0 Å². The molecule has 0 aliphatic carbocycles. The van der Waals surface area contributed by atoms with Crippen molar-refractivity contribution in [3.63, 3.8) is 0 Å². The minimum absolute atomic E-state index is 0.0574. The number of primary amides is 1. The monoisotopic (exact) mass is 346 g/mol. The normalized spacial score (nSPS) is 10.3. The minimum atomic E-state index is -0.380. The van der Waals surface area contributed by atoms with Gasteiger partial charge < -0.3 is 11.1 Å². The molecular formula is C17H18N2O2S2. The summed E-state index contributed by atoms with van der Waals surface area (Å²) < 4.78 is 0. The molecule has 120 valence electrons. The maximum Gasteiger partial charge on any atom is 0.234 e. The van der Waals surface area contributed by atoms with Crippen LogP contribution in [0.2, 0.25) is 0 Å². The van der Waals surface area contributed by atoms with Crippen LogP contribution >= 0.6 is 23.5 Å². The van der Waals surface area contributed by atoms with Gasteiger partial charge in [0.2, 0.25) is 11.8 Å². The van der Waals surface area contributed by atoms with Crippen LogP contribution in [0.4, 0.5) is 5.69 Å². The van der Waals surface area contributed by atoms with E-state index in [0.717, 1.165) is 10.6 Å². The number of hydrogen-bond acceptors (Lipinski definition) is 4. The molecule has 0 atom stereocenters. The van der Waals surface area contributed by atoms with Crippen molar-refractivity contribution in [2.75, 3.05) is 16.8 Å². The third kappa shape index (κ3) is 6.38. The average Bonchev–Trinajstić information content (AvgIpc) is 2.55. The number of carbonyl (C=O) groups excluding carboxylic acids is 2. The Bertz CT molecular complexity index is 663. The highest BCUT2D eigenvalue weighted by atomic mass is 32.2. The predicted molar refractivity (Wildman–Crippen MR) is 97.6 cm³/mol. The summed E-state index contributed by atoms with van der Waals surface area (Å²) in [6.07, 6.45) is 0. The number of amides is 2. The van der Waals surface area contributed by atoms with E-state index in [1.807, 2.05) is 54.6 Å². The summed E-state index contributed by atoms with van der Waals surface area (Å²) in [6.45, 7) is 0. The Labute approximate surface area is 144 Å². The van der Waals surface area contributed by atoms with E-state index in [9.17, 15) is 9.59 Å². The second-order valence-electron chi connectivity index (χ2n) is 4.78. The Morgan fingerprint density at radius 1 is 0.957 bits per heavy atom. The Morgan fingerprint density at radius 2 is 1.65 bits per heavy atom. The Morgan fingerprint density at radius 3 is 2.39 bits per heavy atom. The lowest BCUT2D eigenvalue weighted by Crippen LogP contribution is -2.16. The first-order valence-corrected chi connectivity index (χ1v) is 9.21. The molecule has 2 aromatic rings. The van der Waals surface area contributed by atoms with E-state index in [1.165, 1.54) is 17.3 Å². The maximum atomic E-state index is 12.1. The van der Waals surface area contributed by atoms with Crippen molar-refractivity contribution in [3.8, 4) is 0 Å². The number of carbonyl (C=O) groups is 2. The Hall–Kier alpha value is -1.92. The summed E-state index contributed by atoms with van der Waals surface area (Å²) >= 11 is 2.89. The van der Waals surface area contributed by atoms with Crippen molar-refractivity contribution in [1.82, 2.24) is 0 Å². The molecule has 0 bridgehead atoms. The molecule has 0 unspecified atom stereocenters. The van der Waals surface area contributed by atoms with Gasteiger partial charge in [-0.1, -0.05) is 42.5 Å². The molecule has 0 heterocycles. The molecule has 0 aliphatic rings. The van der Waals surface area contributed by atoms with Crippen molar-refractivity contribution in [2.24, 2.45) is 5.73 Å². The zero-order valence-corrected chi connectivity index (χ0v) is 14.2. The number of rotatable bonds is 8. The first-order chi connectivity index (χ1) is 11.1. The topological polar surface area (TPSA) is 72.2 Å². The molecule has 0 saturated carbocycles. The maximum absolute atomic E-state index is 12.1. The van der Waals surface area contributed by atoms with Crippen LogP contribution in [0.15, 0.2) is 59.5 Å². The lowest BCUT2D eigenvalue weighted by Gasteiger charge is -2.10. The van der Waals surface area contributed by atoms with E-state index in [0.29, 0.717) is 11.4 Å². The fourth-order valence-corrected chi connectivity index (χ4v) is 3.40.